The topological polar surface area (TPSA) is 158 Å². The van der Waals surface area contributed by atoms with E-state index in [9.17, 15) is 19.2 Å². The lowest BCUT2D eigenvalue weighted by atomic mass is 10.1. The van der Waals surface area contributed by atoms with Crippen LogP contribution in [0, 0.1) is 0 Å². The van der Waals surface area contributed by atoms with Gasteiger partial charge in [0.05, 0.1) is 24.3 Å². The lowest BCUT2D eigenvalue weighted by molar-refractivity contribution is -0.137. The first kappa shape index (κ1) is 27.9. The van der Waals surface area contributed by atoms with E-state index in [2.05, 4.69) is 21.1 Å². The van der Waals surface area contributed by atoms with Crippen molar-refractivity contribution in [3.8, 4) is 0 Å². The van der Waals surface area contributed by atoms with Gasteiger partial charge in [0.2, 0.25) is 11.8 Å². The lowest BCUT2D eigenvalue weighted by Gasteiger charge is -2.07. The largest absolute Gasteiger partial charge is 0.481 e. The molecule has 0 bridgehead atoms. The molecule has 10 nitrogen and oxygen atoms in total. The number of carbonyl (C=O) groups is 4. The maximum Gasteiger partial charge on any atom is 0.303 e. The van der Waals surface area contributed by atoms with Crippen molar-refractivity contribution in [2.75, 3.05) is 0 Å². The molecule has 2 aromatic rings. The Morgan fingerprint density at radius 3 is 1.25 bits per heavy atom. The summed E-state index contributed by atoms with van der Waals surface area (Å²) in [5.74, 6) is -2.58. The van der Waals surface area contributed by atoms with E-state index in [1.165, 1.54) is 0 Å². The Hall–Kier alpha value is -4.34. The SMILES string of the molecule is O=C(O)CC/C(=N/NC(=O)CCCCC(=O)N/N=C(\CCC(=O)O)c1ccccc1)c1ccccc1. The van der Waals surface area contributed by atoms with E-state index in [1.807, 2.05) is 12.1 Å². The Kier molecular flexibility index (Phi) is 12.0. The van der Waals surface area contributed by atoms with Crippen LogP contribution in [0.1, 0.15) is 62.5 Å². The van der Waals surface area contributed by atoms with Crippen LogP contribution in [0.25, 0.3) is 0 Å². The summed E-state index contributed by atoms with van der Waals surface area (Å²) in [5, 5.41) is 26.1. The molecule has 0 saturated heterocycles. The van der Waals surface area contributed by atoms with Crippen molar-refractivity contribution in [1.82, 2.24) is 10.9 Å². The van der Waals surface area contributed by atoms with Crippen molar-refractivity contribution in [3.63, 3.8) is 0 Å². The number of carboxylic acid groups (broad SMARTS) is 2. The molecule has 0 aliphatic carbocycles. The van der Waals surface area contributed by atoms with Crippen LogP contribution in [0.4, 0.5) is 0 Å². The standard InChI is InChI=1S/C26H30N4O6/c31-23(29-27-21(15-17-25(33)34)19-9-3-1-4-10-19)13-7-8-14-24(32)30-28-22(16-18-26(35)36)20-11-5-2-6-12-20/h1-6,9-12H,7-8,13-18H2,(H,29,31)(H,30,32)(H,33,34)(H,35,36)/b27-21-,28-22+. The van der Waals surface area contributed by atoms with Gasteiger partial charge in [0.1, 0.15) is 0 Å². The molecule has 0 spiro atoms. The van der Waals surface area contributed by atoms with Crippen molar-refractivity contribution in [3.05, 3.63) is 71.8 Å². The predicted molar refractivity (Wildman–Crippen MR) is 134 cm³/mol. The van der Waals surface area contributed by atoms with Crippen LogP contribution in [-0.2, 0) is 19.2 Å². The molecule has 2 amide bonds. The first-order valence-corrected chi connectivity index (χ1v) is 11.6. The first-order chi connectivity index (χ1) is 17.3. The number of benzene rings is 2. The monoisotopic (exact) mass is 494 g/mol. The minimum absolute atomic E-state index is 0.108. The van der Waals surface area contributed by atoms with Gasteiger partial charge in [-0.1, -0.05) is 60.7 Å². The lowest BCUT2D eigenvalue weighted by Crippen LogP contribution is -2.21. The summed E-state index contributed by atoms with van der Waals surface area (Å²) in [6, 6.07) is 18.0. The number of carboxylic acids is 2. The normalized spacial score (nSPS) is 11.6. The second-order valence-electron chi connectivity index (χ2n) is 7.91. The summed E-state index contributed by atoms with van der Waals surface area (Å²) >= 11 is 0. The van der Waals surface area contributed by atoms with Gasteiger partial charge in [0.25, 0.3) is 0 Å². The van der Waals surface area contributed by atoms with Gasteiger partial charge in [0.15, 0.2) is 0 Å². The third-order valence-electron chi connectivity index (χ3n) is 5.05. The van der Waals surface area contributed by atoms with Crippen LogP contribution in [0.5, 0.6) is 0 Å². The molecule has 0 atom stereocenters. The highest BCUT2D eigenvalue weighted by molar-refractivity contribution is 6.02. The number of rotatable bonds is 15. The number of amides is 2. The fourth-order valence-electron chi connectivity index (χ4n) is 3.18. The Morgan fingerprint density at radius 2 is 0.917 bits per heavy atom. The number of hydrogen-bond acceptors (Lipinski definition) is 6. The third-order valence-corrected chi connectivity index (χ3v) is 5.05. The molecule has 4 N–H and O–H groups in total. The highest BCUT2D eigenvalue weighted by Crippen LogP contribution is 2.08. The van der Waals surface area contributed by atoms with Gasteiger partial charge >= 0.3 is 11.9 Å². The van der Waals surface area contributed by atoms with Gasteiger partial charge in [-0.25, -0.2) is 10.9 Å². The fraction of sp³-hybridized carbons (Fsp3) is 0.308. The zero-order valence-electron chi connectivity index (χ0n) is 19.9. The van der Waals surface area contributed by atoms with E-state index in [0.29, 0.717) is 24.3 Å². The zero-order chi connectivity index (χ0) is 26.2. The molecule has 0 aliphatic rings. The van der Waals surface area contributed by atoms with Crippen LogP contribution < -0.4 is 10.9 Å². The van der Waals surface area contributed by atoms with E-state index >= 15 is 0 Å². The minimum Gasteiger partial charge on any atom is -0.481 e. The highest BCUT2D eigenvalue weighted by Gasteiger charge is 2.10. The average Bonchev–Trinajstić information content (AvgIpc) is 2.87. The molecule has 0 aliphatic heterocycles. The molecular formula is C26H30N4O6. The van der Waals surface area contributed by atoms with E-state index in [1.54, 1.807) is 48.5 Å². The van der Waals surface area contributed by atoms with E-state index in [0.717, 1.165) is 11.1 Å². The van der Waals surface area contributed by atoms with Gasteiger partial charge in [-0.3, -0.25) is 19.2 Å². The summed E-state index contributed by atoms with van der Waals surface area (Å²) in [7, 11) is 0. The number of nitrogens with zero attached hydrogens (tertiary/aromatic N) is 2. The fourth-order valence-corrected chi connectivity index (χ4v) is 3.18. The number of unbranched alkanes of at least 4 members (excludes halogenated alkanes) is 1. The number of aliphatic carboxylic acids is 2. The Bertz CT molecular complexity index is 997. The predicted octanol–water partition coefficient (Wildman–Crippen LogP) is 3.32. The summed E-state index contributed by atoms with van der Waals surface area (Å²) in [5.41, 5.74) is 7.33. The van der Waals surface area contributed by atoms with Crippen molar-refractivity contribution in [2.45, 2.75) is 51.4 Å². The first-order valence-electron chi connectivity index (χ1n) is 11.6. The molecule has 10 heteroatoms. The number of nitrogens with one attached hydrogen (secondary N) is 2. The van der Waals surface area contributed by atoms with Crippen molar-refractivity contribution in [1.29, 1.82) is 0 Å². The molecule has 2 aromatic carbocycles. The van der Waals surface area contributed by atoms with Crippen molar-refractivity contribution in [2.24, 2.45) is 10.2 Å². The summed E-state index contributed by atoms with van der Waals surface area (Å²) < 4.78 is 0. The van der Waals surface area contributed by atoms with Crippen LogP contribution in [0.3, 0.4) is 0 Å². The second-order valence-corrected chi connectivity index (χ2v) is 7.91. The molecule has 0 radical (unpaired) electrons. The Balaban J connectivity index is 1.80. The summed E-state index contributed by atoms with van der Waals surface area (Å²) in [4.78, 5) is 46.1. The smallest absolute Gasteiger partial charge is 0.303 e. The van der Waals surface area contributed by atoms with Gasteiger partial charge in [-0.05, 0) is 24.0 Å². The number of hydrogen-bond donors (Lipinski definition) is 4. The zero-order valence-corrected chi connectivity index (χ0v) is 19.9. The van der Waals surface area contributed by atoms with E-state index in [4.69, 9.17) is 10.2 Å². The van der Waals surface area contributed by atoms with E-state index < -0.39 is 11.9 Å². The number of carbonyl (C=O) groups excluding carboxylic acids is 2. The van der Waals surface area contributed by atoms with Crippen LogP contribution in [0.2, 0.25) is 0 Å². The second kappa shape index (κ2) is 15.5. The van der Waals surface area contributed by atoms with Gasteiger partial charge in [-0.2, -0.15) is 10.2 Å². The van der Waals surface area contributed by atoms with Gasteiger partial charge in [0, 0.05) is 25.7 Å². The summed E-state index contributed by atoms with van der Waals surface area (Å²) in [6.07, 6.45) is 1.32. The third kappa shape index (κ3) is 11.2. The Labute approximate surface area is 209 Å². The molecule has 0 fully saturated rings. The molecular weight excluding hydrogens is 464 g/mol. The number of hydrazone groups is 2. The molecule has 0 heterocycles. The quantitative estimate of drug-likeness (QED) is 0.169. The van der Waals surface area contributed by atoms with Gasteiger partial charge in [-0.15, -0.1) is 0 Å². The molecule has 0 saturated carbocycles. The van der Waals surface area contributed by atoms with Crippen molar-refractivity contribution < 1.29 is 29.4 Å². The maximum atomic E-state index is 12.2. The molecule has 0 aromatic heterocycles. The molecule has 190 valence electrons. The van der Waals surface area contributed by atoms with Gasteiger partial charge < -0.3 is 10.2 Å². The van der Waals surface area contributed by atoms with Crippen LogP contribution in [0.15, 0.2) is 70.9 Å². The minimum atomic E-state index is -0.953. The Morgan fingerprint density at radius 1 is 0.556 bits per heavy atom. The highest BCUT2D eigenvalue weighted by atomic mass is 16.4. The van der Waals surface area contributed by atoms with Crippen LogP contribution >= 0.6 is 0 Å². The molecule has 36 heavy (non-hydrogen) atoms. The molecule has 0 unspecified atom stereocenters. The van der Waals surface area contributed by atoms with Crippen molar-refractivity contribution >= 4 is 35.2 Å². The maximum absolute atomic E-state index is 12.2. The van der Waals surface area contributed by atoms with Crippen LogP contribution in [-0.4, -0.2) is 45.4 Å². The summed E-state index contributed by atoms with van der Waals surface area (Å²) in [6.45, 7) is 0. The average molecular weight is 495 g/mol. The molecule has 2 rings (SSSR count). The van der Waals surface area contributed by atoms with E-state index in [-0.39, 0.29) is 50.3 Å².